The second-order valence-electron chi connectivity index (χ2n) is 6.84. The van der Waals surface area contributed by atoms with E-state index in [0.717, 1.165) is 29.9 Å². The zero-order valence-electron chi connectivity index (χ0n) is 15.9. The predicted molar refractivity (Wildman–Crippen MR) is 107 cm³/mol. The van der Waals surface area contributed by atoms with Crippen LogP contribution in [0.5, 0.6) is 0 Å². The lowest BCUT2D eigenvalue weighted by Gasteiger charge is -2.45. The van der Waals surface area contributed by atoms with Crippen LogP contribution in [0.1, 0.15) is 32.3 Å². The Morgan fingerprint density at radius 2 is 1.85 bits per heavy atom. The highest BCUT2D eigenvalue weighted by atomic mass is 35.5. The Hall–Kier alpha value is -1.82. The standard InChI is InChI=1S/C21H27ClN2O3/c1-3-16-13-19(23-9-11-27-12-10-23)24(18(4-2)20(16)21(25)26)14-15-5-7-17(22)8-6-15/h5-8,13,19H,3-4,9-12,14H2,1-2H3,(H,25,26). The second-order valence-corrected chi connectivity index (χ2v) is 7.28. The Morgan fingerprint density at radius 1 is 1.19 bits per heavy atom. The molecule has 1 atom stereocenters. The number of halogens is 1. The minimum absolute atomic E-state index is 0.0394. The van der Waals surface area contributed by atoms with E-state index in [4.69, 9.17) is 16.3 Å². The van der Waals surface area contributed by atoms with Crippen molar-refractivity contribution in [3.63, 3.8) is 0 Å². The van der Waals surface area contributed by atoms with Gasteiger partial charge < -0.3 is 14.7 Å². The number of nitrogens with zero attached hydrogens (tertiary/aromatic N) is 2. The van der Waals surface area contributed by atoms with Gasteiger partial charge in [0.15, 0.2) is 0 Å². The number of ether oxygens (including phenoxy) is 1. The molecule has 2 heterocycles. The number of allylic oxidation sites excluding steroid dienone is 1. The Balaban J connectivity index is 2.02. The third-order valence-corrected chi connectivity index (χ3v) is 5.49. The highest BCUT2D eigenvalue weighted by molar-refractivity contribution is 6.30. The molecule has 1 unspecified atom stereocenters. The van der Waals surface area contributed by atoms with Crippen LogP contribution in [-0.2, 0) is 16.1 Å². The maximum Gasteiger partial charge on any atom is 0.337 e. The summed E-state index contributed by atoms with van der Waals surface area (Å²) in [6.45, 7) is 7.79. The molecule has 0 bridgehead atoms. The first-order valence-electron chi connectivity index (χ1n) is 9.55. The monoisotopic (exact) mass is 390 g/mol. The van der Waals surface area contributed by atoms with Crippen molar-refractivity contribution < 1.29 is 14.6 Å². The summed E-state index contributed by atoms with van der Waals surface area (Å²) in [7, 11) is 0. The summed E-state index contributed by atoms with van der Waals surface area (Å²) >= 11 is 6.03. The summed E-state index contributed by atoms with van der Waals surface area (Å²) in [6, 6.07) is 7.77. The second kappa shape index (κ2) is 8.91. The van der Waals surface area contributed by atoms with Crippen LogP contribution in [0.25, 0.3) is 0 Å². The van der Waals surface area contributed by atoms with E-state index in [1.807, 2.05) is 38.1 Å². The molecule has 146 valence electrons. The molecule has 1 aromatic carbocycles. The fourth-order valence-corrected chi connectivity index (χ4v) is 4.02. The number of carbonyl (C=O) groups is 1. The summed E-state index contributed by atoms with van der Waals surface area (Å²) in [5.41, 5.74) is 3.39. The van der Waals surface area contributed by atoms with Gasteiger partial charge in [-0.25, -0.2) is 4.79 Å². The molecule has 0 aliphatic carbocycles. The van der Waals surface area contributed by atoms with Crippen molar-refractivity contribution >= 4 is 17.6 Å². The van der Waals surface area contributed by atoms with Gasteiger partial charge in [0.2, 0.25) is 0 Å². The smallest absolute Gasteiger partial charge is 0.337 e. The average molecular weight is 391 g/mol. The van der Waals surface area contributed by atoms with Crippen LogP contribution >= 0.6 is 11.6 Å². The third kappa shape index (κ3) is 4.37. The third-order valence-electron chi connectivity index (χ3n) is 5.24. The molecule has 2 aliphatic heterocycles. The topological polar surface area (TPSA) is 53.0 Å². The zero-order chi connectivity index (χ0) is 19.4. The molecule has 2 aliphatic rings. The first-order valence-corrected chi connectivity index (χ1v) is 9.93. The first-order chi connectivity index (χ1) is 13.0. The van der Waals surface area contributed by atoms with Crippen LogP contribution < -0.4 is 0 Å². The van der Waals surface area contributed by atoms with Gasteiger partial charge in [-0.3, -0.25) is 4.90 Å². The summed E-state index contributed by atoms with van der Waals surface area (Å²) in [6.07, 6.45) is 3.55. The molecule has 0 aromatic heterocycles. The summed E-state index contributed by atoms with van der Waals surface area (Å²) in [5, 5.41) is 10.6. The SMILES string of the molecule is CCC1=CC(N2CCOCC2)N(Cc2ccc(Cl)cc2)C(CC)=C1C(=O)O. The minimum atomic E-state index is -0.846. The number of hydrogen-bond donors (Lipinski definition) is 1. The Bertz CT molecular complexity index is 736. The van der Waals surface area contributed by atoms with E-state index in [9.17, 15) is 9.90 Å². The van der Waals surface area contributed by atoms with E-state index in [1.54, 1.807) is 0 Å². The van der Waals surface area contributed by atoms with E-state index in [1.165, 1.54) is 0 Å². The van der Waals surface area contributed by atoms with Gasteiger partial charge in [-0.2, -0.15) is 0 Å². The van der Waals surface area contributed by atoms with Gasteiger partial charge in [-0.1, -0.05) is 37.6 Å². The number of hydrogen-bond acceptors (Lipinski definition) is 4. The molecule has 3 rings (SSSR count). The van der Waals surface area contributed by atoms with E-state index >= 15 is 0 Å². The van der Waals surface area contributed by atoms with Crippen molar-refractivity contribution in [2.45, 2.75) is 39.4 Å². The maximum absolute atomic E-state index is 12.0. The van der Waals surface area contributed by atoms with E-state index in [2.05, 4.69) is 15.9 Å². The fraction of sp³-hybridized carbons (Fsp3) is 0.476. The lowest BCUT2D eigenvalue weighted by atomic mass is 9.93. The Morgan fingerprint density at radius 3 is 2.41 bits per heavy atom. The van der Waals surface area contributed by atoms with Gasteiger partial charge in [0.25, 0.3) is 0 Å². The number of carboxylic acid groups (broad SMARTS) is 1. The zero-order valence-corrected chi connectivity index (χ0v) is 16.7. The summed E-state index contributed by atoms with van der Waals surface area (Å²) < 4.78 is 5.52. The molecule has 1 N–H and O–H groups in total. The first kappa shape index (κ1) is 19.9. The predicted octanol–water partition coefficient (Wildman–Crippen LogP) is 3.90. The van der Waals surface area contributed by atoms with Gasteiger partial charge in [0.05, 0.1) is 18.8 Å². The number of rotatable bonds is 6. The number of carboxylic acids is 1. The van der Waals surface area contributed by atoms with E-state index < -0.39 is 5.97 Å². The lowest BCUT2D eigenvalue weighted by molar-refractivity contribution is -0.132. The quantitative estimate of drug-likeness (QED) is 0.798. The fourth-order valence-electron chi connectivity index (χ4n) is 3.90. The minimum Gasteiger partial charge on any atom is -0.478 e. The normalized spacial score (nSPS) is 21.4. The van der Waals surface area contributed by atoms with Gasteiger partial charge in [0, 0.05) is 30.4 Å². The van der Waals surface area contributed by atoms with Crippen molar-refractivity contribution in [3.05, 3.63) is 57.8 Å². The van der Waals surface area contributed by atoms with Crippen molar-refractivity contribution in [2.75, 3.05) is 26.3 Å². The molecule has 1 saturated heterocycles. The largest absolute Gasteiger partial charge is 0.478 e. The molecular formula is C21H27ClN2O3. The van der Waals surface area contributed by atoms with Gasteiger partial charge in [0.1, 0.15) is 6.17 Å². The Kier molecular flexibility index (Phi) is 6.58. The molecule has 27 heavy (non-hydrogen) atoms. The van der Waals surface area contributed by atoms with Crippen molar-refractivity contribution in [1.82, 2.24) is 9.80 Å². The van der Waals surface area contributed by atoms with E-state index in [0.29, 0.717) is 43.2 Å². The molecule has 0 amide bonds. The van der Waals surface area contributed by atoms with Crippen molar-refractivity contribution in [1.29, 1.82) is 0 Å². The van der Waals surface area contributed by atoms with Crippen LogP contribution in [0, 0.1) is 0 Å². The van der Waals surface area contributed by atoms with Gasteiger partial charge >= 0.3 is 5.97 Å². The van der Waals surface area contributed by atoms with Crippen LogP contribution in [0.15, 0.2) is 47.2 Å². The molecule has 0 radical (unpaired) electrons. The highest BCUT2D eigenvalue weighted by Gasteiger charge is 2.34. The van der Waals surface area contributed by atoms with Crippen LogP contribution in [0.3, 0.4) is 0 Å². The molecule has 5 nitrogen and oxygen atoms in total. The molecule has 1 aromatic rings. The molecule has 0 spiro atoms. The average Bonchev–Trinajstić information content (AvgIpc) is 2.69. The maximum atomic E-state index is 12.0. The van der Waals surface area contributed by atoms with Crippen LogP contribution in [0.4, 0.5) is 0 Å². The summed E-state index contributed by atoms with van der Waals surface area (Å²) in [5.74, 6) is -0.846. The van der Waals surface area contributed by atoms with Crippen molar-refractivity contribution in [3.8, 4) is 0 Å². The molecule has 6 heteroatoms. The number of aliphatic carboxylic acids is 1. The van der Waals surface area contributed by atoms with Crippen LogP contribution in [-0.4, -0.2) is 53.3 Å². The highest BCUT2D eigenvalue weighted by Crippen LogP contribution is 2.34. The van der Waals surface area contributed by atoms with Crippen molar-refractivity contribution in [2.24, 2.45) is 0 Å². The van der Waals surface area contributed by atoms with Gasteiger partial charge in [-0.15, -0.1) is 0 Å². The molecular weight excluding hydrogens is 364 g/mol. The van der Waals surface area contributed by atoms with Crippen LogP contribution in [0.2, 0.25) is 5.02 Å². The van der Waals surface area contributed by atoms with E-state index in [-0.39, 0.29) is 6.17 Å². The lowest BCUT2D eigenvalue weighted by Crippen LogP contribution is -2.52. The summed E-state index contributed by atoms with van der Waals surface area (Å²) in [4.78, 5) is 16.7. The Labute approximate surface area is 165 Å². The molecule has 1 fully saturated rings. The molecule has 0 saturated carbocycles. The number of morpholine rings is 1. The van der Waals surface area contributed by atoms with Gasteiger partial charge in [-0.05, 0) is 42.2 Å². The number of benzene rings is 1.